The van der Waals surface area contributed by atoms with Crippen LogP contribution >= 0.6 is 11.3 Å². The minimum atomic E-state index is -0.543. The van der Waals surface area contributed by atoms with Crippen LogP contribution in [0.5, 0.6) is 0 Å². The van der Waals surface area contributed by atoms with Crippen molar-refractivity contribution in [3.63, 3.8) is 0 Å². The number of nitro groups is 1. The Balaban J connectivity index is 2.26. The second-order valence-corrected chi connectivity index (χ2v) is 5.46. The summed E-state index contributed by atoms with van der Waals surface area (Å²) in [6, 6.07) is 4.08. The van der Waals surface area contributed by atoms with Gasteiger partial charge in [0.15, 0.2) is 0 Å². The Kier molecular flexibility index (Phi) is 4.14. The third kappa shape index (κ3) is 2.85. The summed E-state index contributed by atoms with van der Waals surface area (Å²) in [5.74, 6) is 0.127. The number of thiophene rings is 1. The van der Waals surface area contributed by atoms with Crippen LogP contribution in [0.25, 0.3) is 0 Å². The van der Waals surface area contributed by atoms with Gasteiger partial charge in [-0.15, -0.1) is 11.3 Å². The molecule has 1 unspecified atom stereocenters. The standard InChI is InChI=1S/C12H15N5O2S/c1-8(6-9-4-3-5-20-9)16(2)12-10(17(18)19)11(13)14-7-15-12/h3-5,7-8H,6H2,1-2H3,(H2,13,14,15). The van der Waals surface area contributed by atoms with E-state index in [1.807, 2.05) is 24.4 Å². The summed E-state index contributed by atoms with van der Waals surface area (Å²) >= 11 is 1.66. The molecule has 0 radical (unpaired) electrons. The molecular formula is C12H15N5O2S. The summed E-state index contributed by atoms with van der Waals surface area (Å²) in [5.41, 5.74) is 5.34. The van der Waals surface area contributed by atoms with Gasteiger partial charge in [0, 0.05) is 24.4 Å². The van der Waals surface area contributed by atoms with Gasteiger partial charge in [0.05, 0.1) is 4.92 Å². The summed E-state index contributed by atoms with van der Waals surface area (Å²) in [4.78, 5) is 21.2. The van der Waals surface area contributed by atoms with E-state index in [9.17, 15) is 10.1 Å². The lowest BCUT2D eigenvalue weighted by Crippen LogP contribution is -2.32. The van der Waals surface area contributed by atoms with Gasteiger partial charge >= 0.3 is 5.69 Å². The molecule has 0 spiro atoms. The van der Waals surface area contributed by atoms with Crippen molar-refractivity contribution in [2.45, 2.75) is 19.4 Å². The van der Waals surface area contributed by atoms with E-state index in [0.717, 1.165) is 6.42 Å². The maximum atomic E-state index is 11.1. The molecule has 0 bridgehead atoms. The predicted octanol–water partition coefficient (Wildman–Crippen LogP) is 2.10. The Morgan fingerprint density at radius 2 is 2.30 bits per heavy atom. The molecular weight excluding hydrogens is 278 g/mol. The molecule has 0 aromatic carbocycles. The first kappa shape index (κ1) is 14.2. The van der Waals surface area contributed by atoms with Gasteiger partial charge in [-0.3, -0.25) is 10.1 Å². The van der Waals surface area contributed by atoms with Gasteiger partial charge in [0.2, 0.25) is 11.6 Å². The molecule has 0 saturated heterocycles. The van der Waals surface area contributed by atoms with E-state index < -0.39 is 4.92 Å². The third-order valence-electron chi connectivity index (χ3n) is 3.09. The maximum absolute atomic E-state index is 11.1. The van der Waals surface area contributed by atoms with Crippen LogP contribution in [0, 0.1) is 10.1 Å². The van der Waals surface area contributed by atoms with E-state index in [1.54, 1.807) is 23.3 Å². The molecule has 0 aliphatic carbocycles. The van der Waals surface area contributed by atoms with Crippen LogP contribution in [0.3, 0.4) is 0 Å². The minimum absolute atomic E-state index is 0.0571. The fraction of sp³-hybridized carbons (Fsp3) is 0.333. The molecule has 8 heteroatoms. The number of nitrogens with zero attached hydrogens (tertiary/aromatic N) is 4. The van der Waals surface area contributed by atoms with E-state index in [2.05, 4.69) is 9.97 Å². The van der Waals surface area contributed by atoms with Crippen molar-refractivity contribution in [3.05, 3.63) is 38.8 Å². The average Bonchev–Trinajstić information content (AvgIpc) is 2.89. The highest BCUT2D eigenvalue weighted by Crippen LogP contribution is 2.30. The highest BCUT2D eigenvalue weighted by atomic mass is 32.1. The number of hydrogen-bond acceptors (Lipinski definition) is 7. The smallest absolute Gasteiger partial charge is 0.353 e. The normalized spacial score (nSPS) is 12.1. The Bertz CT molecular complexity index is 602. The first-order valence-corrected chi connectivity index (χ1v) is 6.88. The van der Waals surface area contributed by atoms with Crippen LogP contribution in [0.2, 0.25) is 0 Å². The zero-order valence-electron chi connectivity index (χ0n) is 11.2. The summed E-state index contributed by atoms with van der Waals surface area (Å²) in [5, 5.41) is 13.1. The monoisotopic (exact) mass is 293 g/mol. The lowest BCUT2D eigenvalue weighted by atomic mass is 10.2. The van der Waals surface area contributed by atoms with Crippen molar-refractivity contribution in [1.82, 2.24) is 9.97 Å². The van der Waals surface area contributed by atoms with Gasteiger partial charge in [-0.25, -0.2) is 9.97 Å². The summed E-state index contributed by atoms with van der Waals surface area (Å²) in [6.07, 6.45) is 2.03. The Labute approximate surface area is 120 Å². The number of rotatable bonds is 5. The zero-order chi connectivity index (χ0) is 14.7. The maximum Gasteiger partial charge on any atom is 0.353 e. The number of anilines is 2. The second kappa shape index (κ2) is 5.83. The molecule has 2 heterocycles. The topological polar surface area (TPSA) is 98.2 Å². The highest BCUT2D eigenvalue weighted by molar-refractivity contribution is 7.09. The van der Waals surface area contributed by atoms with Crippen molar-refractivity contribution in [1.29, 1.82) is 0 Å². The van der Waals surface area contributed by atoms with Crippen LogP contribution in [-0.4, -0.2) is 28.0 Å². The first-order chi connectivity index (χ1) is 9.50. The number of aromatic nitrogens is 2. The third-order valence-corrected chi connectivity index (χ3v) is 3.98. The highest BCUT2D eigenvalue weighted by Gasteiger charge is 2.26. The molecule has 106 valence electrons. The molecule has 0 amide bonds. The van der Waals surface area contributed by atoms with Crippen LogP contribution in [0.4, 0.5) is 17.3 Å². The molecule has 1 atom stereocenters. The van der Waals surface area contributed by atoms with Gasteiger partial charge in [0.25, 0.3) is 0 Å². The first-order valence-electron chi connectivity index (χ1n) is 6.00. The van der Waals surface area contributed by atoms with Crippen LogP contribution < -0.4 is 10.6 Å². The lowest BCUT2D eigenvalue weighted by Gasteiger charge is -2.25. The van der Waals surface area contributed by atoms with Crippen molar-refractivity contribution < 1.29 is 4.92 Å². The van der Waals surface area contributed by atoms with Crippen LogP contribution in [-0.2, 0) is 6.42 Å². The summed E-state index contributed by atoms with van der Waals surface area (Å²) in [7, 11) is 1.77. The van der Waals surface area contributed by atoms with Crippen LogP contribution in [0.15, 0.2) is 23.8 Å². The Hall–Kier alpha value is -2.22. The van der Waals surface area contributed by atoms with Gasteiger partial charge in [-0.1, -0.05) is 6.07 Å². The average molecular weight is 293 g/mol. The number of nitrogens with two attached hydrogens (primary N) is 1. The Morgan fingerprint density at radius 1 is 1.55 bits per heavy atom. The van der Waals surface area contributed by atoms with E-state index in [1.165, 1.54) is 11.2 Å². The van der Waals surface area contributed by atoms with Gasteiger partial charge < -0.3 is 10.6 Å². The zero-order valence-corrected chi connectivity index (χ0v) is 12.0. The van der Waals surface area contributed by atoms with Crippen molar-refractivity contribution in [2.75, 3.05) is 17.7 Å². The largest absolute Gasteiger partial charge is 0.378 e. The fourth-order valence-corrected chi connectivity index (χ4v) is 2.71. The molecule has 2 N–H and O–H groups in total. The molecule has 20 heavy (non-hydrogen) atoms. The summed E-state index contributed by atoms with van der Waals surface area (Å²) < 4.78 is 0. The fourth-order valence-electron chi connectivity index (χ4n) is 1.88. The molecule has 2 aromatic heterocycles. The van der Waals surface area contributed by atoms with E-state index in [0.29, 0.717) is 0 Å². The van der Waals surface area contributed by atoms with Crippen molar-refractivity contribution in [2.24, 2.45) is 0 Å². The molecule has 0 aliphatic heterocycles. The van der Waals surface area contributed by atoms with Gasteiger partial charge in [-0.05, 0) is 18.4 Å². The second-order valence-electron chi connectivity index (χ2n) is 4.43. The molecule has 2 rings (SSSR count). The molecule has 0 aliphatic rings. The number of hydrogen-bond donors (Lipinski definition) is 1. The minimum Gasteiger partial charge on any atom is -0.378 e. The van der Waals surface area contributed by atoms with Crippen molar-refractivity contribution in [3.8, 4) is 0 Å². The molecule has 2 aromatic rings. The van der Waals surface area contributed by atoms with Crippen molar-refractivity contribution >= 4 is 28.7 Å². The number of nitrogen functional groups attached to an aromatic ring is 1. The molecule has 0 saturated carbocycles. The SMILES string of the molecule is CC(Cc1cccs1)N(C)c1ncnc(N)c1[N+](=O)[O-]. The predicted molar refractivity (Wildman–Crippen MR) is 79.0 cm³/mol. The Morgan fingerprint density at radius 3 is 2.90 bits per heavy atom. The molecule has 0 fully saturated rings. The van der Waals surface area contributed by atoms with Gasteiger partial charge in [-0.2, -0.15) is 0 Å². The van der Waals surface area contributed by atoms with Crippen LogP contribution in [0.1, 0.15) is 11.8 Å². The summed E-state index contributed by atoms with van der Waals surface area (Å²) in [6.45, 7) is 1.99. The molecule has 7 nitrogen and oxygen atoms in total. The van der Waals surface area contributed by atoms with E-state index in [-0.39, 0.29) is 23.4 Å². The van der Waals surface area contributed by atoms with E-state index >= 15 is 0 Å². The van der Waals surface area contributed by atoms with Gasteiger partial charge in [0.1, 0.15) is 6.33 Å². The van der Waals surface area contributed by atoms with E-state index in [4.69, 9.17) is 5.73 Å². The quantitative estimate of drug-likeness (QED) is 0.669. The lowest BCUT2D eigenvalue weighted by molar-refractivity contribution is -0.383. The number of likely N-dealkylation sites (N-methyl/N-ethyl adjacent to an activating group) is 1.